The summed E-state index contributed by atoms with van der Waals surface area (Å²) >= 11 is 0. The van der Waals surface area contributed by atoms with Crippen molar-refractivity contribution in [3.05, 3.63) is 29.6 Å². The zero-order valence-corrected chi connectivity index (χ0v) is 9.03. The number of nitrogens with zero attached hydrogens (tertiary/aromatic N) is 1. The van der Waals surface area contributed by atoms with E-state index in [-0.39, 0.29) is 5.52 Å². The highest BCUT2D eigenvalue weighted by atomic mass is 32.3. The third-order valence-electron chi connectivity index (χ3n) is 2.11. The van der Waals surface area contributed by atoms with E-state index in [0.29, 0.717) is 12.1 Å². The molecule has 1 heterocycles. The van der Waals surface area contributed by atoms with Crippen LogP contribution >= 0.6 is 0 Å². The number of benzene rings is 1. The number of aromatic nitrogens is 2. The molecule has 1 aromatic carbocycles. The third kappa shape index (κ3) is 1.82. The van der Waals surface area contributed by atoms with E-state index in [1.54, 1.807) is 4.98 Å². The summed E-state index contributed by atoms with van der Waals surface area (Å²) in [4.78, 5) is 4.74. The van der Waals surface area contributed by atoms with Crippen LogP contribution in [0.25, 0.3) is 11.0 Å². The summed E-state index contributed by atoms with van der Waals surface area (Å²) in [5, 5.41) is -4.92. The van der Waals surface area contributed by atoms with Crippen LogP contribution in [0.5, 0.6) is 0 Å². The molecule has 4 nitrogen and oxygen atoms in total. The minimum absolute atomic E-state index is 0.382. The van der Waals surface area contributed by atoms with Gasteiger partial charge < -0.3 is 4.98 Å². The van der Waals surface area contributed by atoms with Gasteiger partial charge in [0.25, 0.3) is 0 Å². The summed E-state index contributed by atoms with van der Waals surface area (Å²) < 4.78 is 84.5. The van der Waals surface area contributed by atoms with Gasteiger partial charge in [0, 0.05) is 12.1 Å². The van der Waals surface area contributed by atoms with E-state index in [1.807, 2.05) is 0 Å². The largest absolute Gasteiger partial charge is 0.430 e. The average molecular weight is 286 g/mol. The SMILES string of the molecule is O=S(=O)(F)C(F)(F)c1nc2cc(F)c(F)cc2[nH]1. The van der Waals surface area contributed by atoms with Crippen molar-refractivity contribution in [1.29, 1.82) is 0 Å². The molecule has 2 rings (SSSR count). The third-order valence-corrected chi connectivity index (χ3v) is 2.91. The summed E-state index contributed by atoms with van der Waals surface area (Å²) in [6, 6.07) is 0.980. The van der Waals surface area contributed by atoms with Crippen molar-refractivity contribution in [3.8, 4) is 0 Å². The molecule has 0 saturated carbocycles. The molecule has 98 valence electrons. The lowest BCUT2D eigenvalue weighted by molar-refractivity contribution is 0.0755. The monoisotopic (exact) mass is 286 g/mol. The van der Waals surface area contributed by atoms with Gasteiger partial charge in [0.15, 0.2) is 17.5 Å². The Kier molecular flexibility index (Phi) is 2.58. The number of hydrogen-bond donors (Lipinski definition) is 1. The first-order valence-corrected chi connectivity index (χ1v) is 5.68. The quantitative estimate of drug-likeness (QED) is 0.680. The molecule has 0 saturated heterocycles. The number of fused-ring (bicyclic) bond motifs is 1. The van der Waals surface area contributed by atoms with Gasteiger partial charge in [-0.2, -0.15) is 17.2 Å². The van der Waals surface area contributed by atoms with E-state index in [9.17, 15) is 29.9 Å². The zero-order chi connectivity index (χ0) is 13.7. The van der Waals surface area contributed by atoms with Gasteiger partial charge >= 0.3 is 15.5 Å². The van der Waals surface area contributed by atoms with Crippen LogP contribution in [-0.2, 0) is 15.5 Å². The summed E-state index contributed by atoms with van der Waals surface area (Å²) in [7, 11) is -6.24. The number of aromatic amines is 1. The minimum Gasteiger partial charge on any atom is -0.336 e. The van der Waals surface area contributed by atoms with E-state index < -0.39 is 38.5 Å². The van der Waals surface area contributed by atoms with Crippen LogP contribution in [0.2, 0.25) is 0 Å². The molecule has 18 heavy (non-hydrogen) atoms. The summed E-state index contributed by atoms with van der Waals surface area (Å²) in [6.45, 7) is 0. The van der Waals surface area contributed by atoms with Crippen molar-refractivity contribution in [2.75, 3.05) is 0 Å². The number of nitrogens with one attached hydrogen (secondary N) is 1. The fraction of sp³-hybridized carbons (Fsp3) is 0.125. The van der Waals surface area contributed by atoms with Crippen molar-refractivity contribution in [2.24, 2.45) is 0 Å². The number of H-pyrrole nitrogens is 1. The van der Waals surface area contributed by atoms with Gasteiger partial charge in [0.05, 0.1) is 11.0 Å². The van der Waals surface area contributed by atoms with Gasteiger partial charge in [0.2, 0.25) is 0 Å². The second kappa shape index (κ2) is 3.64. The standard InChI is InChI=1S/C8H3F5N2O2S/c9-3-1-5-6(2-4(3)10)15-7(14-5)8(11,12)18(13,16)17/h1-2H,(H,14,15). The second-order valence-electron chi connectivity index (χ2n) is 3.32. The maximum Gasteiger partial charge on any atom is 0.430 e. The molecule has 0 unspecified atom stereocenters. The normalized spacial score (nSPS) is 13.2. The smallest absolute Gasteiger partial charge is 0.336 e. The lowest BCUT2D eigenvalue weighted by Crippen LogP contribution is -2.23. The highest BCUT2D eigenvalue weighted by Crippen LogP contribution is 2.34. The maximum atomic E-state index is 13.1. The van der Waals surface area contributed by atoms with Crippen LogP contribution in [-0.4, -0.2) is 18.4 Å². The predicted molar refractivity (Wildman–Crippen MR) is 49.9 cm³/mol. The van der Waals surface area contributed by atoms with Crippen molar-refractivity contribution in [2.45, 2.75) is 5.25 Å². The first kappa shape index (κ1) is 12.7. The Balaban J connectivity index is 2.68. The van der Waals surface area contributed by atoms with Gasteiger partial charge in [-0.3, -0.25) is 0 Å². The predicted octanol–water partition coefficient (Wildman–Crippen LogP) is 2.19. The molecule has 0 aliphatic heterocycles. The van der Waals surface area contributed by atoms with E-state index in [4.69, 9.17) is 0 Å². The Labute approximate surface area is 96.7 Å². The average Bonchev–Trinajstić information content (AvgIpc) is 2.60. The molecule has 0 fully saturated rings. The molecule has 1 N–H and O–H groups in total. The molecular formula is C8H3F5N2O2S. The number of imidazole rings is 1. The number of alkyl halides is 2. The second-order valence-corrected chi connectivity index (χ2v) is 4.71. The summed E-state index contributed by atoms with van der Waals surface area (Å²) in [5.41, 5.74) is -0.834. The van der Waals surface area contributed by atoms with Gasteiger partial charge in [-0.1, -0.05) is 3.89 Å². The Morgan fingerprint density at radius 3 is 2.28 bits per heavy atom. The Morgan fingerprint density at radius 1 is 1.17 bits per heavy atom. The van der Waals surface area contributed by atoms with Crippen LogP contribution in [0.1, 0.15) is 5.82 Å². The van der Waals surface area contributed by atoms with Gasteiger partial charge in [0.1, 0.15) is 0 Å². The lowest BCUT2D eigenvalue weighted by Gasteiger charge is -2.06. The zero-order valence-electron chi connectivity index (χ0n) is 8.22. The highest BCUT2D eigenvalue weighted by Gasteiger charge is 2.50. The van der Waals surface area contributed by atoms with Crippen molar-refractivity contribution >= 4 is 21.3 Å². The highest BCUT2D eigenvalue weighted by molar-refractivity contribution is 7.87. The molecule has 10 heteroatoms. The molecule has 1 aromatic heterocycles. The Morgan fingerprint density at radius 2 is 1.72 bits per heavy atom. The van der Waals surface area contributed by atoms with Crippen LogP contribution in [0.4, 0.5) is 21.4 Å². The van der Waals surface area contributed by atoms with Crippen LogP contribution < -0.4 is 0 Å². The fourth-order valence-corrected chi connectivity index (χ4v) is 1.59. The first-order valence-electron chi connectivity index (χ1n) is 4.30. The number of rotatable bonds is 2. The van der Waals surface area contributed by atoms with E-state index >= 15 is 0 Å². The van der Waals surface area contributed by atoms with Gasteiger partial charge in [-0.15, -0.1) is 0 Å². The van der Waals surface area contributed by atoms with E-state index in [1.165, 1.54) is 0 Å². The van der Waals surface area contributed by atoms with Gasteiger partial charge in [-0.05, 0) is 0 Å². The fourth-order valence-electron chi connectivity index (χ4n) is 1.26. The number of hydrogen-bond acceptors (Lipinski definition) is 3. The molecule has 0 amide bonds. The Bertz CT molecular complexity index is 685. The van der Waals surface area contributed by atoms with Crippen molar-refractivity contribution < 1.29 is 29.9 Å². The lowest BCUT2D eigenvalue weighted by atomic mass is 10.3. The molecule has 0 spiro atoms. The topological polar surface area (TPSA) is 62.8 Å². The Hall–Kier alpha value is -1.71. The first-order chi connectivity index (χ1) is 8.13. The van der Waals surface area contributed by atoms with Crippen molar-refractivity contribution in [1.82, 2.24) is 9.97 Å². The molecule has 0 radical (unpaired) electrons. The maximum absolute atomic E-state index is 13.1. The summed E-state index contributed by atoms with van der Waals surface area (Å²) in [5.74, 6) is -4.25. The molecular weight excluding hydrogens is 283 g/mol. The molecule has 0 atom stereocenters. The van der Waals surface area contributed by atoms with E-state index in [0.717, 1.165) is 0 Å². The summed E-state index contributed by atoms with van der Waals surface area (Å²) in [6.07, 6.45) is 0. The van der Waals surface area contributed by atoms with Crippen LogP contribution in [0.15, 0.2) is 12.1 Å². The van der Waals surface area contributed by atoms with Gasteiger partial charge in [-0.25, -0.2) is 13.8 Å². The van der Waals surface area contributed by atoms with E-state index in [2.05, 4.69) is 4.98 Å². The van der Waals surface area contributed by atoms with Crippen LogP contribution in [0.3, 0.4) is 0 Å². The molecule has 0 aliphatic rings. The van der Waals surface area contributed by atoms with Crippen molar-refractivity contribution in [3.63, 3.8) is 0 Å². The number of halogens is 5. The molecule has 0 bridgehead atoms. The molecule has 0 aliphatic carbocycles. The minimum atomic E-state index is -6.24. The molecule has 2 aromatic rings. The van der Waals surface area contributed by atoms with Crippen LogP contribution in [0, 0.1) is 11.6 Å².